The van der Waals surface area contributed by atoms with Crippen molar-refractivity contribution in [2.45, 2.75) is 12.8 Å². The van der Waals surface area contributed by atoms with Gasteiger partial charge in [-0.15, -0.1) is 0 Å². The first kappa shape index (κ1) is 36.0. The molecular formula is C44H56N4O6. The molecule has 0 N–H and O–H groups in total. The summed E-state index contributed by atoms with van der Waals surface area (Å²) in [6, 6.07) is 16.3. The standard InChI is InChI=1S/C44H56N4O6/c49-43(31-5-9-37(10-6-31)47-27-39-33-1-2-34(25-33)40(39)28-47)45-13-17-51-21-23-53-19-15-46(16-20-54-24-22-52-18-14-45)44(50)32-7-11-38(12-8-32)48-29-41-35-3-4-36(26-35)42(41)30-48/h1-12,33-36,39-42H,13-30H2/t33-,34+,35-,36+,39-,40+,41-,42+. The third kappa shape index (κ3) is 7.47. The van der Waals surface area contributed by atoms with E-state index in [1.165, 1.54) is 24.2 Å². The first-order chi connectivity index (χ1) is 26.6. The van der Waals surface area contributed by atoms with Crippen molar-refractivity contribution in [2.75, 3.05) is 115 Å². The van der Waals surface area contributed by atoms with Crippen LogP contribution in [0.3, 0.4) is 0 Å². The van der Waals surface area contributed by atoms with E-state index >= 15 is 0 Å². The molecule has 8 atom stereocenters. The molecule has 5 fully saturated rings. The number of fused-ring (bicyclic) bond motifs is 10. The summed E-state index contributed by atoms with van der Waals surface area (Å²) in [5.41, 5.74) is 3.78. The Labute approximate surface area is 320 Å². The predicted octanol–water partition coefficient (Wildman–Crippen LogP) is 4.87. The zero-order valence-electron chi connectivity index (χ0n) is 31.5. The van der Waals surface area contributed by atoms with E-state index in [4.69, 9.17) is 18.9 Å². The van der Waals surface area contributed by atoms with E-state index in [9.17, 15) is 9.59 Å². The molecule has 0 unspecified atom stereocenters. The molecule has 2 amide bonds. The van der Waals surface area contributed by atoms with Crippen LogP contribution in [0.15, 0.2) is 72.8 Å². The molecule has 10 nitrogen and oxygen atoms in total. The summed E-state index contributed by atoms with van der Waals surface area (Å²) in [7, 11) is 0. The lowest BCUT2D eigenvalue weighted by molar-refractivity contribution is 0.00889. The van der Waals surface area contributed by atoms with E-state index in [1.807, 2.05) is 34.1 Å². The maximum atomic E-state index is 13.6. The van der Waals surface area contributed by atoms with Crippen molar-refractivity contribution >= 4 is 23.2 Å². The molecule has 3 heterocycles. The van der Waals surface area contributed by atoms with Crippen LogP contribution in [0.25, 0.3) is 0 Å². The van der Waals surface area contributed by atoms with Crippen LogP contribution < -0.4 is 9.80 Å². The number of benzene rings is 2. The lowest BCUT2D eigenvalue weighted by atomic mass is 9.86. The van der Waals surface area contributed by atoms with E-state index in [2.05, 4.69) is 58.4 Å². The first-order valence-corrected chi connectivity index (χ1v) is 20.6. The van der Waals surface area contributed by atoms with Gasteiger partial charge in [-0.1, -0.05) is 24.3 Å². The van der Waals surface area contributed by atoms with Crippen LogP contribution >= 0.6 is 0 Å². The molecule has 0 radical (unpaired) electrons. The molecule has 2 aromatic carbocycles. The number of allylic oxidation sites excluding steroid dienone is 4. The third-order valence-corrected chi connectivity index (χ3v) is 13.6. The molecule has 4 bridgehead atoms. The smallest absolute Gasteiger partial charge is 0.254 e. The number of carbonyl (C=O) groups is 2. The Bertz CT molecular complexity index is 1500. The van der Waals surface area contributed by atoms with E-state index in [1.54, 1.807) is 0 Å². The Morgan fingerprint density at radius 1 is 0.426 bits per heavy atom. The topological polar surface area (TPSA) is 84.0 Å². The van der Waals surface area contributed by atoms with Crippen LogP contribution in [0, 0.1) is 47.3 Å². The highest BCUT2D eigenvalue weighted by Crippen LogP contribution is 2.53. The molecule has 2 aromatic rings. The van der Waals surface area contributed by atoms with E-state index < -0.39 is 0 Å². The summed E-state index contributed by atoms with van der Waals surface area (Å²) < 4.78 is 23.6. The molecule has 7 aliphatic rings. The molecule has 0 aromatic heterocycles. The number of hydrogen-bond donors (Lipinski definition) is 0. The quantitative estimate of drug-likeness (QED) is 0.412. The molecule has 2 saturated carbocycles. The van der Waals surface area contributed by atoms with Crippen LogP contribution in [-0.4, -0.2) is 127 Å². The van der Waals surface area contributed by atoms with Gasteiger partial charge in [-0.3, -0.25) is 9.59 Å². The fourth-order valence-electron chi connectivity index (χ4n) is 10.7. The average Bonchev–Trinajstić information content (AvgIpc) is 4.06. The Hall–Kier alpha value is -3.70. The minimum atomic E-state index is -0.0155. The normalized spacial score (nSPS) is 32.9. The van der Waals surface area contributed by atoms with Gasteiger partial charge in [-0.25, -0.2) is 0 Å². The Balaban J connectivity index is 0.738. The summed E-state index contributed by atoms with van der Waals surface area (Å²) in [5, 5.41) is 0. The summed E-state index contributed by atoms with van der Waals surface area (Å²) in [6.45, 7) is 9.56. The highest BCUT2D eigenvalue weighted by Gasteiger charge is 2.50. The number of hydrogen-bond acceptors (Lipinski definition) is 8. The highest BCUT2D eigenvalue weighted by atomic mass is 16.5. The second-order valence-electron chi connectivity index (χ2n) is 16.5. The molecule has 288 valence electrons. The molecular weight excluding hydrogens is 681 g/mol. The fourth-order valence-corrected chi connectivity index (χ4v) is 10.7. The highest BCUT2D eigenvalue weighted by molar-refractivity contribution is 5.95. The lowest BCUT2D eigenvalue weighted by Crippen LogP contribution is -2.38. The monoisotopic (exact) mass is 736 g/mol. The minimum absolute atomic E-state index is 0.0155. The van der Waals surface area contributed by atoms with Gasteiger partial charge in [0, 0.05) is 74.9 Å². The van der Waals surface area contributed by atoms with Gasteiger partial charge < -0.3 is 38.5 Å². The lowest BCUT2D eigenvalue weighted by Gasteiger charge is -2.25. The van der Waals surface area contributed by atoms with Crippen molar-refractivity contribution in [3.8, 4) is 0 Å². The van der Waals surface area contributed by atoms with Crippen molar-refractivity contribution in [1.29, 1.82) is 0 Å². The maximum Gasteiger partial charge on any atom is 0.254 e. The summed E-state index contributed by atoms with van der Waals surface area (Å²) in [4.78, 5) is 35.9. The number of amides is 2. The zero-order valence-corrected chi connectivity index (χ0v) is 31.5. The van der Waals surface area contributed by atoms with Gasteiger partial charge in [0.15, 0.2) is 0 Å². The number of rotatable bonds is 4. The van der Waals surface area contributed by atoms with Gasteiger partial charge in [0.25, 0.3) is 11.8 Å². The zero-order chi connectivity index (χ0) is 36.4. The molecule has 4 aliphatic carbocycles. The van der Waals surface area contributed by atoms with Crippen LogP contribution in [0.2, 0.25) is 0 Å². The Morgan fingerprint density at radius 3 is 1.02 bits per heavy atom. The van der Waals surface area contributed by atoms with E-state index in [0.29, 0.717) is 90.2 Å². The van der Waals surface area contributed by atoms with Gasteiger partial charge in [0.2, 0.25) is 0 Å². The largest absolute Gasteiger partial charge is 0.377 e. The Kier molecular flexibility index (Phi) is 10.8. The minimum Gasteiger partial charge on any atom is -0.377 e. The van der Waals surface area contributed by atoms with Gasteiger partial charge in [0.1, 0.15) is 0 Å². The molecule has 9 rings (SSSR count). The van der Waals surface area contributed by atoms with E-state index in [0.717, 1.165) is 73.5 Å². The van der Waals surface area contributed by atoms with Crippen molar-refractivity contribution < 1.29 is 28.5 Å². The first-order valence-electron chi connectivity index (χ1n) is 20.6. The Morgan fingerprint density at radius 2 is 0.722 bits per heavy atom. The van der Waals surface area contributed by atoms with E-state index in [-0.39, 0.29) is 11.8 Å². The number of nitrogens with zero attached hydrogens (tertiary/aromatic N) is 4. The number of ether oxygens (including phenoxy) is 4. The second-order valence-corrected chi connectivity index (χ2v) is 16.5. The SMILES string of the molecule is O=C(c1ccc(N2C[C@@H]3[C@H](C2)[C@@H]2C=C[C@H]3C2)cc1)N1CCOCCOCCN(C(=O)c2ccc(N3C[C@@H]4[C@H](C3)[C@@H]3C=C[C@H]4C3)cc2)CCOCCOCC1. The van der Waals surface area contributed by atoms with Crippen molar-refractivity contribution in [3.05, 3.63) is 84.0 Å². The van der Waals surface area contributed by atoms with Crippen LogP contribution in [0.5, 0.6) is 0 Å². The maximum absolute atomic E-state index is 13.6. The van der Waals surface area contributed by atoms with Gasteiger partial charge in [-0.05, 0) is 109 Å². The average molecular weight is 737 g/mol. The van der Waals surface area contributed by atoms with Gasteiger partial charge in [-0.2, -0.15) is 0 Å². The summed E-state index contributed by atoms with van der Waals surface area (Å²) in [6.07, 6.45) is 12.4. The van der Waals surface area contributed by atoms with Crippen molar-refractivity contribution in [1.82, 2.24) is 9.80 Å². The fraction of sp³-hybridized carbons (Fsp3) is 0.591. The van der Waals surface area contributed by atoms with Crippen molar-refractivity contribution in [2.24, 2.45) is 47.3 Å². The molecule has 54 heavy (non-hydrogen) atoms. The number of anilines is 2. The third-order valence-electron chi connectivity index (χ3n) is 13.6. The summed E-state index contributed by atoms with van der Waals surface area (Å²) in [5.74, 6) is 6.07. The summed E-state index contributed by atoms with van der Waals surface area (Å²) >= 11 is 0. The van der Waals surface area contributed by atoms with Gasteiger partial charge >= 0.3 is 0 Å². The number of carbonyl (C=O) groups excluding carboxylic acids is 2. The second kappa shape index (κ2) is 16.2. The molecule has 0 spiro atoms. The van der Waals surface area contributed by atoms with Crippen LogP contribution in [0.1, 0.15) is 33.6 Å². The molecule has 3 aliphatic heterocycles. The van der Waals surface area contributed by atoms with Gasteiger partial charge in [0.05, 0.1) is 52.9 Å². The molecule has 10 heteroatoms. The van der Waals surface area contributed by atoms with Crippen LogP contribution in [0.4, 0.5) is 11.4 Å². The predicted molar refractivity (Wildman–Crippen MR) is 208 cm³/mol. The van der Waals surface area contributed by atoms with Crippen LogP contribution in [-0.2, 0) is 18.9 Å². The molecule has 3 saturated heterocycles. The van der Waals surface area contributed by atoms with Crippen molar-refractivity contribution in [3.63, 3.8) is 0 Å².